The molecule has 2 aliphatic rings. The van der Waals surface area contributed by atoms with Crippen LogP contribution in [0, 0.1) is 17.2 Å². The van der Waals surface area contributed by atoms with Gasteiger partial charge in [0.2, 0.25) is 5.91 Å². The van der Waals surface area contributed by atoms with Gasteiger partial charge in [0.25, 0.3) is 5.91 Å². The molecule has 1 atom stereocenters. The monoisotopic (exact) mass is 348 g/mol. The molecule has 25 heavy (non-hydrogen) atoms. The fourth-order valence-electron chi connectivity index (χ4n) is 3.64. The number of nitrogens with zero attached hydrogens (tertiary/aromatic N) is 1. The molecule has 0 spiro atoms. The SMILES string of the molecule is CC(C)C1(C(=O)O)CCN(C(=O)c2cc3c(cc2F)NC(=O)CC3)C1. The first-order valence-corrected chi connectivity index (χ1v) is 8.39. The average Bonchev–Trinajstić information content (AvgIpc) is 3.00. The van der Waals surface area contributed by atoms with E-state index in [-0.39, 0.29) is 30.5 Å². The molecular formula is C18H21FN2O4. The van der Waals surface area contributed by atoms with Crippen molar-refractivity contribution in [2.24, 2.45) is 11.3 Å². The highest BCUT2D eigenvalue weighted by atomic mass is 19.1. The molecule has 3 rings (SSSR count). The molecule has 0 bridgehead atoms. The second-order valence-electron chi connectivity index (χ2n) is 7.13. The van der Waals surface area contributed by atoms with Gasteiger partial charge in [-0.05, 0) is 36.5 Å². The minimum absolute atomic E-state index is 0.0696. The van der Waals surface area contributed by atoms with E-state index in [9.17, 15) is 23.9 Å². The van der Waals surface area contributed by atoms with Crippen molar-refractivity contribution >= 4 is 23.5 Å². The zero-order valence-corrected chi connectivity index (χ0v) is 14.3. The van der Waals surface area contributed by atoms with E-state index in [1.807, 2.05) is 13.8 Å². The van der Waals surface area contributed by atoms with Gasteiger partial charge in [-0.2, -0.15) is 0 Å². The van der Waals surface area contributed by atoms with E-state index in [4.69, 9.17) is 0 Å². The lowest BCUT2D eigenvalue weighted by molar-refractivity contribution is -0.150. The highest BCUT2D eigenvalue weighted by molar-refractivity contribution is 5.98. The van der Waals surface area contributed by atoms with E-state index >= 15 is 0 Å². The molecule has 1 unspecified atom stereocenters. The molecule has 6 nitrogen and oxygen atoms in total. The molecule has 1 aromatic rings. The number of anilines is 1. The molecule has 0 aliphatic carbocycles. The van der Waals surface area contributed by atoms with E-state index in [2.05, 4.69) is 5.32 Å². The summed E-state index contributed by atoms with van der Waals surface area (Å²) in [6.07, 6.45) is 1.10. The van der Waals surface area contributed by atoms with Gasteiger partial charge in [0.15, 0.2) is 0 Å². The van der Waals surface area contributed by atoms with Crippen LogP contribution >= 0.6 is 0 Å². The predicted molar refractivity (Wildman–Crippen MR) is 88.8 cm³/mol. The number of halogens is 1. The Morgan fingerprint density at radius 1 is 1.32 bits per heavy atom. The van der Waals surface area contributed by atoms with Gasteiger partial charge in [-0.25, -0.2) is 4.39 Å². The zero-order chi connectivity index (χ0) is 18.4. The van der Waals surface area contributed by atoms with Crippen molar-refractivity contribution in [3.63, 3.8) is 0 Å². The van der Waals surface area contributed by atoms with Crippen LogP contribution in [0.4, 0.5) is 10.1 Å². The van der Waals surface area contributed by atoms with Crippen LogP contribution in [-0.4, -0.2) is 40.9 Å². The van der Waals surface area contributed by atoms with Crippen LogP contribution in [0.5, 0.6) is 0 Å². The van der Waals surface area contributed by atoms with Crippen molar-refractivity contribution in [2.75, 3.05) is 18.4 Å². The maximum atomic E-state index is 14.4. The highest BCUT2D eigenvalue weighted by Crippen LogP contribution is 2.39. The molecule has 134 valence electrons. The first-order chi connectivity index (χ1) is 11.7. The van der Waals surface area contributed by atoms with Crippen LogP contribution in [-0.2, 0) is 16.0 Å². The lowest BCUT2D eigenvalue weighted by atomic mass is 9.76. The lowest BCUT2D eigenvalue weighted by Crippen LogP contribution is -2.40. The fraction of sp³-hybridized carbons (Fsp3) is 0.500. The Morgan fingerprint density at radius 3 is 2.64 bits per heavy atom. The third-order valence-corrected chi connectivity index (χ3v) is 5.44. The van der Waals surface area contributed by atoms with Crippen molar-refractivity contribution in [3.05, 3.63) is 29.1 Å². The summed E-state index contributed by atoms with van der Waals surface area (Å²) in [5.74, 6) is -2.43. The second-order valence-corrected chi connectivity index (χ2v) is 7.13. The maximum Gasteiger partial charge on any atom is 0.311 e. The van der Waals surface area contributed by atoms with Crippen LogP contribution in [0.15, 0.2) is 12.1 Å². The number of amides is 2. The van der Waals surface area contributed by atoms with Gasteiger partial charge in [-0.3, -0.25) is 14.4 Å². The van der Waals surface area contributed by atoms with E-state index < -0.39 is 23.1 Å². The molecule has 1 aromatic carbocycles. The number of nitrogens with one attached hydrogen (secondary N) is 1. The van der Waals surface area contributed by atoms with Gasteiger partial charge in [0.1, 0.15) is 5.82 Å². The van der Waals surface area contributed by atoms with Crippen molar-refractivity contribution in [3.8, 4) is 0 Å². The quantitative estimate of drug-likeness (QED) is 0.877. The summed E-state index contributed by atoms with van der Waals surface area (Å²) < 4.78 is 14.4. The standard InChI is InChI=1S/C18H21FN2O4/c1-10(2)18(17(24)25)5-6-21(9-18)16(23)12-7-11-3-4-15(22)20-14(11)8-13(12)19/h7-8,10H,3-6,9H2,1-2H3,(H,20,22)(H,24,25). The number of carbonyl (C=O) groups is 3. The largest absolute Gasteiger partial charge is 0.481 e. The van der Waals surface area contributed by atoms with E-state index in [1.54, 1.807) is 0 Å². The van der Waals surface area contributed by atoms with Crippen molar-refractivity contribution in [2.45, 2.75) is 33.1 Å². The Hall–Kier alpha value is -2.44. The Balaban J connectivity index is 1.87. The predicted octanol–water partition coefficient (Wildman–Crippen LogP) is 2.28. The molecule has 2 N–H and O–H groups in total. The molecule has 1 fully saturated rings. The molecular weight excluding hydrogens is 327 g/mol. The van der Waals surface area contributed by atoms with Crippen LogP contribution in [0.2, 0.25) is 0 Å². The highest BCUT2D eigenvalue weighted by Gasteiger charge is 2.48. The summed E-state index contributed by atoms with van der Waals surface area (Å²) >= 11 is 0. The number of hydrogen-bond donors (Lipinski definition) is 2. The van der Waals surface area contributed by atoms with Crippen LogP contribution in [0.3, 0.4) is 0 Å². The van der Waals surface area contributed by atoms with E-state index in [0.717, 1.165) is 5.56 Å². The average molecular weight is 348 g/mol. The molecule has 1 saturated heterocycles. The van der Waals surface area contributed by atoms with Crippen molar-refractivity contribution < 1.29 is 23.9 Å². The Morgan fingerprint density at radius 2 is 2.04 bits per heavy atom. The number of carboxylic acid groups (broad SMARTS) is 1. The summed E-state index contributed by atoms with van der Waals surface area (Å²) in [6.45, 7) is 4.01. The number of likely N-dealkylation sites (tertiary alicyclic amines) is 1. The Labute approximate surface area is 145 Å². The summed E-state index contributed by atoms with van der Waals surface area (Å²) in [5.41, 5.74) is 0.0550. The molecule has 0 aromatic heterocycles. The number of hydrogen-bond acceptors (Lipinski definition) is 3. The summed E-state index contributed by atoms with van der Waals surface area (Å²) in [6, 6.07) is 2.64. The molecule has 7 heteroatoms. The maximum absolute atomic E-state index is 14.4. The lowest BCUT2D eigenvalue weighted by Gasteiger charge is -2.28. The van der Waals surface area contributed by atoms with Crippen LogP contribution in [0.1, 0.15) is 42.6 Å². The Bertz CT molecular complexity index is 762. The normalized spacial score (nSPS) is 22.7. The fourth-order valence-corrected chi connectivity index (χ4v) is 3.64. The second kappa shape index (κ2) is 6.13. The molecule has 2 amide bonds. The van der Waals surface area contributed by atoms with E-state index in [0.29, 0.717) is 24.9 Å². The summed E-state index contributed by atoms with van der Waals surface area (Å²) in [4.78, 5) is 37.3. The number of rotatable bonds is 3. The van der Waals surface area contributed by atoms with Gasteiger partial charge >= 0.3 is 5.97 Å². The smallest absolute Gasteiger partial charge is 0.311 e. The zero-order valence-electron chi connectivity index (χ0n) is 14.3. The molecule has 0 radical (unpaired) electrons. The minimum Gasteiger partial charge on any atom is -0.481 e. The van der Waals surface area contributed by atoms with Crippen molar-refractivity contribution in [1.29, 1.82) is 0 Å². The van der Waals surface area contributed by atoms with E-state index in [1.165, 1.54) is 17.0 Å². The topological polar surface area (TPSA) is 86.7 Å². The molecule has 0 saturated carbocycles. The number of aliphatic carboxylic acids is 1. The first-order valence-electron chi connectivity index (χ1n) is 8.39. The number of benzene rings is 1. The third kappa shape index (κ3) is 2.88. The summed E-state index contributed by atoms with van der Waals surface area (Å²) in [7, 11) is 0. The number of fused-ring (bicyclic) bond motifs is 1. The molecule has 2 aliphatic heterocycles. The first kappa shape index (κ1) is 17.4. The van der Waals surface area contributed by atoms with Gasteiger partial charge < -0.3 is 15.3 Å². The molecule has 2 heterocycles. The number of carbonyl (C=O) groups excluding carboxylic acids is 2. The van der Waals surface area contributed by atoms with Gasteiger partial charge in [-0.1, -0.05) is 13.8 Å². The van der Waals surface area contributed by atoms with Crippen molar-refractivity contribution in [1.82, 2.24) is 4.90 Å². The van der Waals surface area contributed by atoms with Crippen LogP contribution < -0.4 is 5.32 Å². The summed E-state index contributed by atoms with van der Waals surface area (Å²) in [5, 5.41) is 12.2. The third-order valence-electron chi connectivity index (χ3n) is 5.44. The minimum atomic E-state index is -0.992. The number of aryl methyl sites for hydroxylation is 1. The van der Waals surface area contributed by atoms with Crippen LogP contribution in [0.25, 0.3) is 0 Å². The number of carboxylic acids is 1. The Kier molecular flexibility index (Phi) is 4.26. The van der Waals surface area contributed by atoms with Gasteiger partial charge in [0.05, 0.1) is 11.0 Å². The van der Waals surface area contributed by atoms with Gasteiger partial charge in [-0.15, -0.1) is 0 Å². The van der Waals surface area contributed by atoms with Gasteiger partial charge in [0, 0.05) is 25.2 Å².